The second-order valence-corrected chi connectivity index (χ2v) is 8.07. The highest BCUT2D eigenvalue weighted by molar-refractivity contribution is 7.99. The van der Waals surface area contributed by atoms with Crippen molar-refractivity contribution in [2.24, 2.45) is 5.92 Å². The van der Waals surface area contributed by atoms with E-state index in [9.17, 15) is 10.1 Å². The van der Waals surface area contributed by atoms with E-state index < -0.39 is 5.54 Å². The Labute approximate surface area is 170 Å². The third-order valence-electron chi connectivity index (χ3n) is 4.63. The van der Waals surface area contributed by atoms with E-state index in [0.29, 0.717) is 18.3 Å². The third-order valence-corrected chi connectivity index (χ3v) is 5.60. The van der Waals surface area contributed by atoms with Gasteiger partial charge in [0, 0.05) is 12.7 Å². The zero-order chi connectivity index (χ0) is 20.7. The lowest BCUT2D eigenvalue weighted by atomic mass is 9.90. The summed E-state index contributed by atoms with van der Waals surface area (Å²) >= 11 is 1.30. The lowest BCUT2D eigenvalue weighted by molar-refractivity contribution is -0.120. The monoisotopic (exact) mass is 401 g/mol. The third kappa shape index (κ3) is 5.33. The zero-order valence-electron chi connectivity index (χ0n) is 17.0. The average molecular weight is 402 g/mol. The fourth-order valence-corrected chi connectivity index (χ4v) is 3.30. The highest BCUT2D eigenvalue weighted by atomic mass is 32.2. The molecule has 0 spiro atoms. The molecule has 2 aromatic rings. The molecule has 28 heavy (non-hydrogen) atoms. The van der Waals surface area contributed by atoms with Crippen molar-refractivity contribution >= 4 is 17.7 Å². The van der Waals surface area contributed by atoms with Crippen molar-refractivity contribution in [3.05, 3.63) is 29.8 Å². The highest BCUT2D eigenvalue weighted by Crippen LogP contribution is 2.25. The number of carbonyl (C=O) groups excluding carboxylic acids is 1. The highest BCUT2D eigenvalue weighted by Gasteiger charge is 2.30. The van der Waals surface area contributed by atoms with Crippen LogP contribution in [0.25, 0.3) is 11.4 Å². The minimum atomic E-state index is -0.895. The summed E-state index contributed by atoms with van der Waals surface area (Å²) in [5, 5.41) is 21.4. The fraction of sp³-hybridized carbons (Fsp3) is 0.500. The summed E-state index contributed by atoms with van der Waals surface area (Å²) in [6, 6.07) is 10.2. The van der Waals surface area contributed by atoms with E-state index >= 15 is 0 Å². The molecular weight excluding hydrogens is 374 g/mol. The average Bonchev–Trinajstić information content (AvgIpc) is 3.07. The second kappa shape index (κ2) is 9.71. The van der Waals surface area contributed by atoms with Crippen LogP contribution in [-0.2, 0) is 16.1 Å². The molecule has 2 rings (SSSR count). The number of benzene rings is 1. The van der Waals surface area contributed by atoms with E-state index in [1.165, 1.54) is 11.8 Å². The van der Waals surface area contributed by atoms with Gasteiger partial charge in [-0.25, -0.2) is 0 Å². The summed E-state index contributed by atoms with van der Waals surface area (Å²) in [7, 11) is 1.64. The largest absolute Gasteiger partial charge is 0.383 e. The van der Waals surface area contributed by atoms with Crippen molar-refractivity contribution in [1.29, 1.82) is 5.26 Å². The van der Waals surface area contributed by atoms with Gasteiger partial charge in [-0.15, -0.1) is 10.2 Å². The summed E-state index contributed by atoms with van der Waals surface area (Å²) in [5.41, 5.74) is 1.21. The quantitative estimate of drug-likeness (QED) is 0.649. The molecule has 0 aliphatic heterocycles. The number of thioether (sulfide) groups is 1. The number of nitrogens with one attached hydrogen (secondary N) is 1. The van der Waals surface area contributed by atoms with Gasteiger partial charge in [0.25, 0.3) is 0 Å². The van der Waals surface area contributed by atoms with Gasteiger partial charge in [0.2, 0.25) is 5.91 Å². The van der Waals surface area contributed by atoms with Gasteiger partial charge in [0.1, 0.15) is 5.54 Å². The molecule has 0 radical (unpaired) electrons. The molecular formula is C20H27N5O2S. The molecule has 0 unspecified atom stereocenters. The number of ether oxygens (including phenoxy) is 1. The number of carbonyl (C=O) groups is 1. The maximum absolute atomic E-state index is 12.4. The normalized spacial score (nSPS) is 13.2. The smallest absolute Gasteiger partial charge is 0.231 e. The topological polar surface area (TPSA) is 92.8 Å². The zero-order valence-corrected chi connectivity index (χ0v) is 17.8. The Morgan fingerprint density at radius 1 is 1.43 bits per heavy atom. The molecule has 0 aliphatic rings. The van der Waals surface area contributed by atoms with E-state index in [1.807, 2.05) is 43.5 Å². The van der Waals surface area contributed by atoms with E-state index in [4.69, 9.17) is 4.74 Å². The predicted molar refractivity (Wildman–Crippen MR) is 110 cm³/mol. The Balaban J connectivity index is 2.17. The molecule has 1 atom stereocenters. The minimum Gasteiger partial charge on any atom is -0.383 e. The van der Waals surface area contributed by atoms with Crippen molar-refractivity contribution in [3.8, 4) is 17.5 Å². The van der Waals surface area contributed by atoms with E-state index in [-0.39, 0.29) is 17.6 Å². The summed E-state index contributed by atoms with van der Waals surface area (Å²) in [6.45, 7) is 8.67. The van der Waals surface area contributed by atoms with Gasteiger partial charge in [0.05, 0.1) is 25.0 Å². The van der Waals surface area contributed by atoms with Crippen LogP contribution in [0.4, 0.5) is 0 Å². The van der Waals surface area contributed by atoms with Crippen molar-refractivity contribution in [1.82, 2.24) is 20.1 Å². The van der Waals surface area contributed by atoms with E-state index in [2.05, 4.69) is 27.6 Å². The number of aryl methyl sites for hydroxylation is 1. The van der Waals surface area contributed by atoms with Gasteiger partial charge >= 0.3 is 0 Å². The molecule has 7 nitrogen and oxygen atoms in total. The standard InChI is InChI=1S/C20H27N5O2S/c1-14(2)20(4,13-21)22-17(26)12-28-19-24-23-18(25(19)9-10-27-5)16-8-6-7-15(3)11-16/h6-8,11,14H,9-10,12H2,1-5H3,(H,22,26)/t20-/m0/s1. The first-order valence-corrected chi connectivity index (χ1v) is 10.1. The number of hydrogen-bond donors (Lipinski definition) is 1. The molecule has 1 aromatic heterocycles. The first kappa shape index (κ1) is 21.9. The van der Waals surface area contributed by atoms with Gasteiger partial charge in [-0.2, -0.15) is 5.26 Å². The molecule has 0 aliphatic carbocycles. The van der Waals surface area contributed by atoms with Gasteiger partial charge in [-0.3, -0.25) is 9.36 Å². The lowest BCUT2D eigenvalue weighted by Gasteiger charge is -2.27. The van der Waals surface area contributed by atoms with Gasteiger partial charge < -0.3 is 10.1 Å². The number of amides is 1. The molecule has 0 fully saturated rings. The summed E-state index contributed by atoms with van der Waals surface area (Å²) in [5.74, 6) is 0.696. The molecule has 150 valence electrons. The molecule has 1 heterocycles. The van der Waals surface area contributed by atoms with Crippen LogP contribution < -0.4 is 5.32 Å². The Bertz CT molecular complexity index is 859. The Morgan fingerprint density at radius 3 is 2.79 bits per heavy atom. The molecule has 1 aromatic carbocycles. The van der Waals surface area contributed by atoms with Crippen LogP contribution in [0.1, 0.15) is 26.3 Å². The molecule has 0 saturated heterocycles. The number of rotatable bonds is 9. The molecule has 0 saturated carbocycles. The summed E-state index contributed by atoms with van der Waals surface area (Å²) in [4.78, 5) is 12.4. The number of hydrogen-bond acceptors (Lipinski definition) is 6. The number of methoxy groups -OCH3 is 1. The summed E-state index contributed by atoms with van der Waals surface area (Å²) < 4.78 is 7.18. The van der Waals surface area contributed by atoms with Crippen LogP contribution in [-0.4, -0.2) is 45.7 Å². The van der Waals surface area contributed by atoms with Crippen molar-refractivity contribution in [2.75, 3.05) is 19.5 Å². The maximum Gasteiger partial charge on any atom is 0.231 e. The molecule has 1 amide bonds. The van der Waals surface area contributed by atoms with Crippen LogP contribution in [0.5, 0.6) is 0 Å². The number of nitriles is 1. The fourth-order valence-electron chi connectivity index (χ4n) is 2.53. The van der Waals surface area contributed by atoms with Gasteiger partial charge in [-0.05, 0) is 25.8 Å². The van der Waals surface area contributed by atoms with Crippen LogP contribution in [0.15, 0.2) is 29.4 Å². The Kier molecular flexibility index (Phi) is 7.61. The minimum absolute atomic E-state index is 0.00438. The first-order chi connectivity index (χ1) is 13.3. The first-order valence-electron chi connectivity index (χ1n) is 9.15. The van der Waals surface area contributed by atoms with Crippen LogP contribution in [0, 0.1) is 24.2 Å². The van der Waals surface area contributed by atoms with Gasteiger partial charge in [-0.1, -0.05) is 49.4 Å². The second-order valence-electron chi connectivity index (χ2n) is 7.13. The molecule has 8 heteroatoms. The van der Waals surface area contributed by atoms with E-state index in [0.717, 1.165) is 17.0 Å². The molecule has 1 N–H and O–H groups in total. The number of aromatic nitrogens is 3. The van der Waals surface area contributed by atoms with Crippen LogP contribution in [0.2, 0.25) is 0 Å². The SMILES string of the molecule is COCCn1c(SCC(=O)N[C@@](C)(C#N)C(C)C)nnc1-c1cccc(C)c1. The lowest BCUT2D eigenvalue weighted by Crippen LogP contribution is -2.49. The summed E-state index contributed by atoms with van der Waals surface area (Å²) in [6.07, 6.45) is 0. The van der Waals surface area contributed by atoms with Crippen LogP contribution in [0.3, 0.4) is 0 Å². The predicted octanol–water partition coefficient (Wildman–Crippen LogP) is 3.05. The van der Waals surface area contributed by atoms with Gasteiger partial charge in [0.15, 0.2) is 11.0 Å². The van der Waals surface area contributed by atoms with E-state index in [1.54, 1.807) is 14.0 Å². The molecule has 0 bridgehead atoms. The van der Waals surface area contributed by atoms with Crippen molar-refractivity contribution in [3.63, 3.8) is 0 Å². The van der Waals surface area contributed by atoms with Crippen LogP contribution >= 0.6 is 11.8 Å². The van der Waals surface area contributed by atoms with Crippen molar-refractivity contribution in [2.45, 2.75) is 44.9 Å². The Hall–Kier alpha value is -2.37. The Morgan fingerprint density at radius 2 is 2.18 bits per heavy atom. The maximum atomic E-state index is 12.4. The number of nitrogens with zero attached hydrogens (tertiary/aromatic N) is 4. The van der Waals surface area contributed by atoms with Crippen molar-refractivity contribution < 1.29 is 9.53 Å².